The second kappa shape index (κ2) is 8.49. The minimum atomic E-state index is -0.244. The first-order chi connectivity index (χ1) is 11.9. The van der Waals surface area contributed by atoms with E-state index in [1.807, 2.05) is 50.2 Å². The molecule has 2 aromatic rings. The van der Waals surface area contributed by atoms with Crippen molar-refractivity contribution in [2.45, 2.75) is 26.8 Å². The molecule has 0 unspecified atom stereocenters. The Morgan fingerprint density at radius 1 is 1.12 bits per heavy atom. The molecule has 0 spiro atoms. The normalized spacial score (nSPS) is 10.2. The van der Waals surface area contributed by atoms with Gasteiger partial charge < -0.3 is 10.6 Å². The van der Waals surface area contributed by atoms with Gasteiger partial charge >= 0.3 is 0 Å². The van der Waals surface area contributed by atoms with Crippen LogP contribution in [-0.4, -0.2) is 11.8 Å². The molecule has 130 valence electrons. The molecule has 0 saturated carbocycles. The largest absolute Gasteiger partial charge is 0.348 e. The van der Waals surface area contributed by atoms with Crippen LogP contribution in [-0.2, 0) is 22.6 Å². The van der Waals surface area contributed by atoms with Crippen LogP contribution in [0.4, 0.5) is 5.69 Å². The number of nitrogens with one attached hydrogen (secondary N) is 2. The van der Waals surface area contributed by atoms with Crippen molar-refractivity contribution >= 4 is 29.1 Å². The van der Waals surface area contributed by atoms with Gasteiger partial charge in [0.2, 0.25) is 11.8 Å². The van der Waals surface area contributed by atoms with E-state index in [1.165, 1.54) is 6.08 Å². The summed E-state index contributed by atoms with van der Waals surface area (Å²) in [5.74, 6) is -0.362. The highest BCUT2D eigenvalue weighted by Crippen LogP contribution is 2.24. The van der Waals surface area contributed by atoms with Crippen molar-refractivity contribution in [2.24, 2.45) is 0 Å². The Morgan fingerprint density at radius 2 is 1.80 bits per heavy atom. The van der Waals surface area contributed by atoms with Crippen LogP contribution >= 0.6 is 11.6 Å². The van der Waals surface area contributed by atoms with Crippen LogP contribution in [0.1, 0.15) is 22.3 Å². The third-order valence-corrected chi connectivity index (χ3v) is 4.29. The van der Waals surface area contributed by atoms with E-state index in [0.29, 0.717) is 11.6 Å². The lowest BCUT2D eigenvalue weighted by molar-refractivity contribution is -0.116. The smallest absolute Gasteiger partial charge is 0.243 e. The predicted octanol–water partition coefficient (Wildman–Crippen LogP) is 3.94. The number of anilines is 1. The maximum Gasteiger partial charge on any atom is 0.243 e. The average Bonchev–Trinajstić information content (AvgIpc) is 2.58. The van der Waals surface area contributed by atoms with Crippen LogP contribution in [0.15, 0.2) is 49.1 Å². The summed E-state index contributed by atoms with van der Waals surface area (Å²) in [6.45, 7) is 7.58. The van der Waals surface area contributed by atoms with Gasteiger partial charge in [-0.1, -0.05) is 42.4 Å². The number of carbonyl (C=O) groups is 2. The monoisotopic (exact) mass is 356 g/mol. The molecule has 0 bridgehead atoms. The standard InChI is InChI=1S/C20H21ClN2O2/c1-4-19(24)22-12-16-8-6-5-7-15(16)11-20(25)23-18-10-13(2)17(21)9-14(18)3/h4-10H,1,11-12H2,2-3H3,(H,22,24)(H,23,25). The SMILES string of the molecule is C=CC(=O)NCc1ccccc1CC(=O)Nc1cc(C)c(Cl)cc1C. The first-order valence-corrected chi connectivity index (χ1v) is 8.32. The van der Waals surface area contributed by atoms with E-state index in [4.69, 9.17) is 11.6 Å². The second-order valence-electron chi connectivity index (χ2n) is 5.83. The number of rotatable bonds is 6. The number of carbonyl (C=O) groups excluding carboxylic acids is 2. The lowest BCUT2D eigenvalue weighted by atomic mass is 10.0. The van der Waals surface area contributed by atoms with E-state index < -0.39 is 0 Å². The Hall–Kier alpha value is -2.59. The summed E-state index contributed by atoms with van der Waals surface area (Å²) in [7, 11) is 0. The summed E-state index contributed by atoms with van der Waals surface area (Å²) in [5.41, 5.74) is 4.35. The summed E-state index contributed by atoms with van der Waals surface area (Å²) in [6, 6.07) is 11.2. The molecule has 0 atom stereocenters. The zero-order chi connectivity index (χ0) is 18.4. The van der Waals surface area contributed by atoms with Gasteiger partial charge in [-0.3, -0.25) is 9.59 Å². The van der Waals surface area contributed by atoms with Gasteiger partial charge in [0.05, 0.1) is 6.42 Å². The van der Waals surface area contributed by atoms with Gasteiger partial charge in [-0.15, -0.1) is 0 Å². The highest BCUT2D eigenvalue weighted by atomic mass is 35.5. The summed E-state index contributed by atoms with van der Waals surface area (Å²) in [4.78, 5) is 23.8. The van der Waals surface area contributed by atoms with Gasteiger partial charge in [0.1, 0.15) is 0 Å². The molecular weight excluding hydrogens is 336 g/mol. The topological polar surface area (TPSA) is 58.2 Å². The van der Waals surface area contributed by atoms with Crippen LogP contribution in [0.5, 0.6) is 0 Å². The number of aryl methyl sites for hydroxylation is 2. The molecule has 0 radical (unpaired) electrons. The first-order valence-electron chi connectivity index (χ1n) is 7.94. The van der Waals surface area contributed by atoms with E-state index in [0.717, 1.165) is 27.9 Å². The van der Waals surface area contributed by atoms with E-state index in [9.17, 15) is 9.59 Å². The van der Waals surface area contributed by atoms with E-state index in [-0.39, 0.29) is 18.2 Å². The molecule has 0 aromatic heterocycles. The maximum atomic E-state index is 12.4. The van der Waals surface area contributed by atoms with Gasteiger partial charge in [0.15, 0.2) is 0 Å². The van der Waals surface area contributed by atoms with Crippen molar-refractivity contribution in [1.82, 2.24) is 5.32 Å². The Balaban J connectivity index is 2.09. The van der Waals surface area contributed by atoms with Crippen LogP contribution in [0.2, 0.25) is 5.02 Å². The van der Waals surface area contributed by atoms with E-state index in [2.05, 4.69) is 17.2 Å². The Bertz CT molecular complexity index is 815. The lowest BCUT2D eigenvalue weighted by Crippen LogP contribution is -2.22. The fourth-order valence-electron chi connectivity index (χ4n) is 2.44. The highest BCUT2D eigenvalue weighted by molar-refractivity contribution is 6.31. The molecule has 2 rings (SSSR count). The molecule has 0 saturated heterocycles. The van der Waals surface area contributed by atoms with Crippen molar-refractivity contribution in [3.63, 3.8) is 0 Å². The molecule has 2 amide bonds. The van der Waals surface area contributed by atoms with E-state index >= 15 is 0 Å². The summed E-state index contributed by atoms with van der Waals surface area (Å²) >= 11 is 6.09. The Morgan fingerprint density at radius 3 is 2.48 bits per heavy atom. The summed E-state index contributed by atoms with van der Waals surface area (Å²) in [6.07, 6.45) is 1.45. The molecule has 25 heavy (non-hydrogen) atoms. The third kappa shape index (κ3) is 5.19. The Labute approximate surface area is 152 Å². The van der Waals surface area contributed by atoms with Gasteiger partial charge in [-0.25, -0.2) is 0 Å². The number of hydrogen-bond acceptors (Lipinski definition) is 2. The summed E-state index contributed by atoms with van der Waals surface area (Å²) in [5, 5.41) is 6.34. The zero-order valence-electron chi connectivity index (χ0n) is 14.4. The second-order valence-corrected chi connectivity index (χ2v) is 6.24. The number of hydrogen-bond donors (Lipinski definition) is 2. The van der Waals surface area contributed by atoms with Gasteiger partial charge in [-0.2, -0.15) is 0 Å². The first kappa shape index (κ1) is 18.7. The third-order valence-electron chi connectivity index (χ3n) is 3.89. The van der Waals surface area contributed by atoms with Crippen molar-refractivity contribution in [3.8, 4) is 0 Å². The van der Waals surface area contributed by atoms with Gasteiger partial charge in [-0.05, 0) is 54.3 Å². The lowest BCUT2D eigenvalue weighted by Gasteiger charge is -2.13. The van der Waals surface area contributed by atoms with Crippen molar-refractivity contribution in [1.29, 1.82) is 0 Å². The van der Waals surface area contributed by atoms with Crippen LogP contribution in [0, 0.1) is 13.8 Å². The molecule has 4 nitrogen and oxygen atoms in total. The molecule has 5 heteroatoms. The minimum absolute atomic E-state index is 0.118. The molecule has 0 aliphatic rings. The van der Waals surface area contributed by atoms with Gasteiger partial charge in [0.25, 0.3) is 0 Å². The maximum absolute atomic E-state index is 12.4. The molecule has 2 N–H and O–H groups in total. The molecule has 0 heterocycles. The molecular formula is C20H21ClN2O2. The number of halogens is 1. The quantitative estimate of drug-likeness (QED) is 0.770. The van der Waals surface area contributed by atoms with Crippen LogP contribution < -0.4 is 10.6 Å². The molecule has 0 aliphatic carbocycles. The van der Waals surface area contributed by atoms with Crippen molar-refractivity contribution in [2.75, 3.05) is 5.32 Å². The summed E-state index contributed by atoms with van der Waals surface area (Å²) < 4.78 is 0. The van der Waals surface area contributed by atoms with Crippen molar-refractivity contribution < 1.29 is 9.59 Å². The minimum Gasteiger partial charge on any atom is -0.348 e. The van der Waals surface area contributed by atoms with E-state index in [1.54, 1.807) is 0 Å². The van der Waals surface area contributed by atoms with Crippen molar-refractivity contribution in [3.05, 3.63) is 76.3 Å². The average molecular weight is 357 g/mol. The van der Waals surface area contributed by atoms with Crippen LogP contribution in [0.25, 0.3) is 0 Å². The number of amides is 2. The Kier molecular flexibility index (Phi) is 6.37. The highest BCUT2D eigenvalue weighted by Gasteiger charge is 2.11. The zero-order valence-corrected chi connectivity index (χ0v) is 15.1. The van der Waals surface area contributed by atoms with Crippen LogP contribution in [0.3, 0.4) is 0 Å². The number of benzene rings is 2. The fraction of sp³-hybridized carbons (Fsp3) is 0.200. The van der Waals surface area contributed by atoms with Gasteiger partial charge in [0, 0.05) is 17.3 Å². The molecule has 0 fully saturated rings. The predicted molar refractivity (Wildman–Crippen MR) is 102 cm³/mol. The molecule has 2 aromatic carbocycles. The molecule has 0 aliphatic heterocycles. The fourth-order valence-corrected chi connectivity index (χ4v) is 2.66.